The first-order valence-corrected chi connectivity index (χ1v) is 12.2. The molecule has 0 aliphatic carbocycles. The van der Waals surface area contributed by atoms with Crippen LogP contribution in [-0.4, -0.2) is 54.5 Å². The molecule has 1 N–H and O–H groups in total. The fourth-order valence-corrected chi connectivity index (χ4v) is 5.04. The zero-order chi connectivity index (χ0) is 22.3. The molecule has 2 aromatic rings. The minimum absolute atomic E-state index is 0.0457. The van der Waals surface area contributed by atoms with E-state index in [1.165, 1.54) is 51.3 Å². The van der Waals surface area contributed by atoms with E-state index in [-0.39, 0.29) is 11.7 Å². The molecule has 2 aliphatic rings. The number of amides is 1. The molecule has 0 bridgehead atoms. The van der Waals surface area contributed by atoms with E-state index in [9.17, 15) is 9.18 Å². The molecule has 32 heavy (non-hydrogen) atoms. The molecular weight excluding hydrogens is 401 g/mol. The van der Waals surface area contributed by atoms with Crippen LogP contribution in [0.5, 0.6) is 0 Å². The zero-order valence-corrected chi connectivity index (χ0v) is 19.3. The second kappa shape index (κ2) is 11.1. The molecule has 0 radical (unpaired) electrons. The van der Waals surface area contributed by atoms with Gasteiger partial charge < -0.3 is 15.1 Å². The molecule has 0 aromatic heterocycles. The summed E-state index contributed by atoms with van der Waals surface area (Å²) in [6, 6.07) is 13.5. The van der Waals surface area contributed by atoms with Crippen molar-refractivity contribution in [3.63, 3.8) is 0 Å². The zero-order valence-electron chi connectivity index (χ0n) is 19.3. The van der Waals surface area contributed by atoms with E-state index >= 15 is 0 Å². The van der Waals surface area contributed by atoms with Crippen molar-refractivity contribution >= 4 is 11.6 Å². The summed E-state index contributed by atoms with van der Waals surface area (Å²) in [5.41, 5.74) is 3.06. The van der Waals surface area contributed by atoms with Crippen LogP contribution in [0.15, 0.2) is 42.5 Å². The molecule has 5 heteroatoms. The van der Waals surface area contributed by atoms with E-state index in [1.807, 2.05) is 31.2 Å². The van der Waals surface area contributed by atoms with Crippen LogP contribution in [-0.2, 0) is 4.79 Å². The Labute approximate surface area is 191 Å². The lowest BCUT2D eigenvalue weighted by Crippen LogP contribution is -2.46. The average Bonchev–Trinajstić information content (AvgIpc) is 2.81. The van der Waals surface area contributed by atoms with Crippen LogP contribution in [0.3, 0.4) is 0 Å². The lowest BCUT2D eigenvalue weighted by Gasteiger charge is -2.40. The second-order valence-electron chi connectivity index (χ2n) is 9.38. The fraction of sp³-hybridized carbons (Fsp3) is 0.519. The van der Waals surface area contributed by atoms with Gasteiger partial charge in [-0.2, -0.15) is 0 Å². The summed E-state index contributed by atoms with van der Waals surface area (Å²) in [5, 5.41) is 2.85. The van der Waals surface area contributed by atoms with Crippen LogP contribution in [0, 0.1) is 12.7 Å². The summed E-state index contributed by atoms with van der Waals surface area (Å²) in [6.45, 7) is 7.79. The van der Waals surface area contributed by atoms with Crippen LogP contribution in [0.1, 0.15) is 50.5 Å². The molecule has 2 heterocycles. The van der Waals surface area contributed by atoms with Crippen molar-refractivity contribution < 1.29 is 9.18 Å². The smallest absolute Gasteiger partial charge is 0.224 e. The number of hydrogen-bond donors (Lipinski definition) is 1. The molecule has 2 fully saturated rings. The maximum atomic E-state index is 14.6. The Balaban J connectivity index is 1.18. The summed E-state index contributed by atoms with van der Waals surface area (Å²) in [7, 11) is 0. The normalized spacial score (nSPS) is 18.6. The number of anilines is 1. The van der Waals surface area contributed by atoms with Crippen molar-refractivity contribution in [2.24, 2.45) is 0 Å². The third kappa shape index (κ3) is 6.17. The Morgan fingerprint density at radius 2 is 1.72 bits per heavy atom. The van der Waals surface area contributed by atoms with Crippen LogP contribution in [0.2, 0.25) is 0 Å². The van der Waals surface area contributed by atoms with Gasteiger partial charge in [-0.05, 0) is 95.5 Å². The molecule has 0 atom stereocenters. The summed E-state index contributed by atoms with van der Waals surface area (Å²) < 4.78 is 14.6. The van der Waals surface area contributed by atoms with E-state index in [0.717, 1.165) is 43.2 Å². The molecule has 4 nitrogen and oxygen atoms in total. The summed E-state index contributed by atoms with van der Waals surface area (Å²) in [6.07, 6.45) is 7.90. The van der Waals surface area contributed by atoms with E-state index in [4.69, 9.17) is 0 Å². The summed E-state index contributed by atoms with van der Waals surface area (Å²) >= 11 is 0. The van der Waals surface area contributed by atoms with Crippen LogP contribution < -0.4 is 5.32 Å². The van der Waals surface area contributed by atoms with Gasteiger partial charge in [0, 0.05) is 23.7 Å². The predicted molar refractivity (Wildman–Crippen MR) is 129 cm³/mol. The Morgan fingerprint density at radius 1 is 1.00 bits per heavy atom. The van der Waals surface area contributed by atoms with Crippen molar-refractivity contribution in [1.82, 2.24) is 9.80 Å². The quantitative estimate of drug-likeness (QED) is 0.624. The van der Waals surface area contributed by atoms with Gasteiger partial charge in [-0.25, -0.2) is 4.39 Å². The number of carbonyl (C=O) groups excluding carboxylic acids is 1. The highest BCUT2D eigenvalue weighted by atomic mass is 19.1. The van der Waals surface area contributed by atoms with E-state index in [1.54, 1.807) is 12.1 Å². The van der Waals surface area contributed by atoms with Crippen molar-refractivity contribution in [3.05, 3.63) is 53.8 Å². The minimum Gasteiger partial charge on any atom is -0.326 e. The Bertz CT molecular complexity index is 884. The van der Waals surface area contributed by atoms with Crippen LogP contribution in [0.25, 0.3) is 11.1 Å². The molecule has 0 saturated carbocycles. The number of likely N-dealkylation sites (tertiary alicyclic amines) is 2. The van der Waals surface area contributed by atoms with Gasteiger partial charge in [0.05, 0.1) is 0 Å². The first-order valence-electron chi connectivity index (χ1n) is 12.2. The molecule has 2 aromatic carbocycles. The molecule has 1 amide bonds. The number of carbonyl (C=O) groups is 1. The number of rotatable bonds is 7. The molecular formula is C27H36FN3O. The number of hydrogen-bond acceptors (Lipinski definition) is 3. The van der Waals surface area contributed by atoms with Crippen molar-refractivity contribution in [2.45, 2.75) is 57.9 Å². The molecule has 2 aliphatic heterocycles. The largest absolute Gasteiger partial charge is 0.326 e. The van der Waals surface area contributed by atoms with Gasteiger partial charge in [-0.1, -0.05) is 36.2 Å². The number of nitrogens with one attached hydrogen (secondary N) is 1. The van der Waals surface area contributed by atoms with Crippen molar-refractivity contribution in [1.29, 1.82) is 0 Å². The number of nitrogens with zero attached hydrogens (tertiary/aromatic N) is 2. The van der Waals surface area contributed by atoms with Gasteiger partial charge >= 0.3 is 0 Å². The Kier molecular flexibility index (Phi) is 7.93. The van der Waals surface area contributed by atoms with Gasteiger partial charge in [0.1, 0.15) is 5.82 Å². The molecule has 2 saturated heterocycles. The third-order valence-electron chi connectivity index (χ3n) is 6.96. The van der Waals surface area contributed by atoms with E-state index in [0.29, 0.717) is 17.7 Å². The average molecular weight is 438 g/mol. The van der Waals surface area contributed by atoms with Gasteiger partial charge in [0.2, 0.25) is 5.91 Å². The monoisotopic (exact) mass is 437 g/mol. The Hall–Kier alpha value is -2.24. The Morgan fingerprint density at radius 3 is 2.41 bits per heavy atom. The number of piperidine rings is 2. The summed E-state index contributed by atoms with van der Waals surface area (Å²) in [4.78, 5) is 17.5. The molecule has 0 spiro atoms. The topological polar surface area (TPSA) is 35.6 Å². The standard InChI is InChI=1S/C27H36FN3O/c1-21-7-9-22(10-8-21)25-12-11-23(20-26(25)28)29-27(32)6-5-15-30-18-13-24(14-19-30)31-16-3-2-4-17-31/h7-12,20,24H,2-6,13-19H2,1H3,(H,29,32). The minimum atomic E-state index is -0.316. The number of aryl methyl sites for hydroxylation is 1. The number of halogens is 1. The highest BCUT2D eigenvalue weighted by molar-refractivity contribution is 5.91. The van der Waals surface area contributed by atoms with Crippen molar-refractivity contribution in [3.8, 4) is 11.1 Å². The first kappa shape index (κ1) is 22.9. The summed E-state index contributed by atoms with van der Waals surface area (Å²) in [5.74, 6) is -0.362. The van der Waals surface area contributed by atoms with Gasteiger partial charge in [0.15, 0.2) is 0 Å². The van der Waals surface area contributed by atoms with Gasteiger partial charge in [-0.15, -0.1) is 0 Å². The molecule has 4 rings (SSSR count). The van der Waals surface area contributed by atoms with Crippen LogP contribution >= 0.6 is 0 Å². The third-order valence-corrected chi connectivity index (χ3v) is 6.96. The van der Waals surface area contributed by atoms with Crippen molar-refractivity contribution in [2.75, 3.05) is 38.0 Å². The highest BCUT2D eigenvalue weighted by Crippen LogP contribution is 2.26. The maximum Gasteiger partial charge on any atom is 0.224 e. The van der Waals surface area contributed by atoms with Gasteiger partial charge in [-0.3, -0.25) is 4.79 Å². The maximum absolute atomic E-state index is 14.6. The lowest BCUT2D eigenvalue weighted by molar-refractivity contribution is -0.116. The second-order valence-corrected chi connectivity index (χ2v) is 9.38. The SMILES string of the molecule is Cc1ccc(-c2ccc(NC(=O)CCCN3CCC(N4CCCCC4)CC3)cc2F)cc1. The fourth-order valence-electron chi connectivity index (χ4n) is 5.04. The van der Waals surface area contributed by atoms with Crippen LogP contribution in [0.4, 0.5) is 10.1 Å². The first-order chi connectivity index (χ1) is 15.6. The molecule has 0 unspecified atom stereocenters. The lowest BCUT2D eigenvalue weighted by atomic mass is 10.00. The highest BCUT2D eigenvalue weighted by Gasteiger charge is 2.25. The van der Waals surface area contributed by atoms with Gasteiger partial charge in [0.25, 0.3) is 0 Å². The predicted octanol–water partition coefficient (Wildman–Crippen LogP) is 5.47. The number of benzene rings is 2. The van der Waals surface area contributed by atoms with E-state index < -0.39 is 0 Å². The molecule has 172 valence electrons. The van der Waals surface area contributed by atoms with E-state index in [2.05, 4.69) is 15.1 Å².